The summed E-state index contributed by atoms with van der Waals surface area (Å²) in [5.41, 5.74) is 4.94. The molecule has 0 saturated heterocycles. The van der Waals surface area contributed by atoms with Gasteiger partial charge in [0.15, 0.2) is 0 Å². The predicted molar refractivity (Wildman–Crippen MR) is 86.9 cm³/mol. The Morgan fingerprint density at radius 1 is 1.05 bits per heavy atom. The second-order valence-electron chi connectivity index (χ2n) is 3.82. The van der Waals surface area contributed by atoms with Crippen molar-refractivity contribution in [3.05, 3.63) is 69.7 Å². The molecule has 2 nitrogen and oxygen atoms in total. The van der Waals surface area contributed by atoms with E-state index in [1.807, 2.05) is 60.7 Å². The Morgan fingerprint density at radius 3 is 2.42 bits per heavy atom. The molecule has 0 saturated carbocycles. The molecule has 1 N–H and O–H groups in total. The lowest BCUT2D eigenvalue weighted by atomic mass is 10.2. The summed E-state index contributed by atoms with van der Waals surface area (Å²) >= 11 is 9.25. The fourth-order valence-corrected chi connectivity index (χ4v) is 1.93. The van der Waals surface area contributed by atoms with Gasteiger partial charge in [-0.1, -0.05) is 41.9 Å². The molecule has 0 aromatic heterocycles. The highest BCUT2D eigenvalue weighted by Crippen LogP contribution is 2.14. The number of hydrogen-bond acceptors (Lipinski definition) is 2. The molecule has 0 bridgehead atoms. The van der Waals surface area contributed by atoms with Gasteiger partial charge in [-0.2, -0.15) is 5.10 Å². The summed E-state index contributed by atoms with van der Waals surface area (Å²) < 4.78 is 0.889. The molecule has 2 aromatic rings. The predicted octanol–water partition coefficient (Wildman–Crippen LogP) is 5.17. The van der Waals surface area contributed by atoms with Crippen LogP contribution in [0.4, 0.5) is 5.69 Å². The first-order valence-electron chi connectivity index (χ1n) is 5.71. The average molecular weight is 336 g/mol. The van der Waals surface area contributed by atoms with Crippen LogP contribution in [0.5, 0.6) is 0 Å². The van der Waals surface area contributed by atoms with Crippen LogP contribution in [0, 0.1) is 0 Å². The van der Waals surface area contributed by atoms with Crippen molar-refractivity contribution in [1.29, 1.82) is 0 Å². The lowest BCUT2D eigenvalue weighted by molar-refractivity contribution is 1.35. The van der Waals surface area contributed by atoms with Crippen LogP contribution in [-0.2, 0) is 0 Å². The maximum absolute atomic E-state index is 5.80. The first-order chi connectivity index (χ1) is 9.24. The highest BCUT2D eigenvalue weighted by Gasteiger charge is 1.91. The number of hydrogen-bond donors (Lipinski definition) is 1. The van der Waals surface area contributed by atoms with E-state index in [0.717, 1.165) is 15.7 Å². The molecule has 0 fully saturated rings. The third-order valence-electron chi connectivity index (χ3n) is 2.33. The number of benzene rings is 2. The van der Waals surface area contributed by atoms with Gasteiger partial charge < -0.3 is 0 Å². The van der Waals surface area contributed by atoms with E-state index in [-0.39, 0.29) is 0 Å². The number of rotatable bonds is 4. The largest absolute Gasteiger partial charge is 0.278 e. The van der Waals surface area contributed by atoms with Gasteiger partial charge >= 0.3 is 0 Å². The molecule has 0 aliphatic rings. The zero-order chi connectivity index (χ0) is 13.5. The minimum Gasteiger partial charge on any atom is -0.278 e. The molecule has 2 aromatic carbocycles. The molecule has 0 spiro atoms. The Bertz CT molecular complexity index is 577. The molecule has 0 radical (unpaired) electrons. The minimum absolute atomic E-state index is 0.708. The van der Waals surface area contributed by atoms with Gasteiger partial charge in [-0.25, -0.2) is 0 Å². The van der Waals surface area contributed by atoms with E-state index in [9.17, 15) is 0 Å². The van der Waals surface area contributed by atoms with Crippen molar-refractivity contribution in [3.8, 4) is 0 Å². The van der Waals surface area contributed by atoms with Crippen LogP contribution in [-0.4, -0.2) is 6.21 Å². The van der Waals surface area contributed by atoms with E-state index >= 15 is 0 Å². The third kappa shape index (κ3) is 4.89. The Balaban J connectivity index is 1.95. The lowest BCUT2D eigenvalue weighted by Crippen LogP contribution is -1.88. The molecule has 19 heavy (non-hydrogen) atoms. The number of allylic oxidation sites excluding steroid dienone is 1. The van der Waals surface area contributed by atoms with Gasteiger partial charge in [-0.05, 0) is 51.8 Å². The zero-order valence-electron chi connectivity index (χ0n) is 10.1. The van der Waals surface area contributed by atoms with Crippen LogP contribution < -0.4 is 5.43 Å². The van der Waals surface area contributed by atoms with Gasteiger partial charge in [0, 0.05) is 9.51 Å². The van der Waals surface area contributed by atoms with Gasteiger partial charge in [0.05, 0.1) is 11.9 Å². The summed E-state index contributed by atoms with van der Waals surface area (Å²) in [6.45, 7) is 0. The summed E-state index contributed by atoms with van der Waals surface area (Å²) in [5.74, 6) is 0. The van der Waals surface area contributed by atoms with Gasteiger partial charge in [0.1, 0.15) is 0 Å². The summed E-state index contributed by atoms with van der Waals surface area (Å²) in [6, 6.07) is 17.4. The van der Waals surface area contributed by atoms with Crippen LogP contribution in [0.1, 0.15) is 5.56 Å². The Kier molecular flexibility index (Phi) is 5.19. The highest BCUT2D eigenvalue weighted by molar-refractivity contribution is 9.12. The average Bonchev–Trinajstić information content (AvgIpc) is 2.42. The monoisotopic (exact) mass is 334 g/mol. The summed E-state index contributed by atoms with van der Waals surface area (Å²) in [5, 5.41) is 4.84. The number of halogens is 2. The lowest BCUT2D eigenvalue weighted by Gasteiger charge is -1.99. The van der Waals surface area contributed by atoms with E-state index in [0.29, 0.717) is 5.02 Å². The molecule has 4 heteroatoms. The van der Waals surface area contributed by atoms with Crippen LogP contribution in [0.2, 0.25) is 5.02 Å². The number of nitrogens with one attached hydrogen (secondary N) is 1. The summed E-state index contributed by atoms with van der Waals surface area (Å²) in [4.78, 5) is 0. The molecule has 0 heterocycles. The zero-order valence-corrected chi connectivity index (χ0v) is 12.4. The topological polar surface area (TPSA) is 24.4 Å². The van der Waals surface area contributed by atoms with Crippen LogP contribution in [0.15, 0.2) is 64.2 Å². The minimum atomic E-state index is 0.708. The normalized spacial score (nSPS) is 11.8. The molecular formula is C15H12BrClN2. The van der Waals surface area contributed by atoms with E-state index < -0.39 is 0 Å². The molecule has 2 rings (SSSR count). The SMILES string of the molecule is Clc1ccc(NN=CC(Br)=Cc2ccccc2)cc1. The van der Waals surface area contributed by atoms with E-state index in [4.69, 9.17) is 11.6 Å². The second kappa shape index (κ2) is 7.12. The van der Waals surface area contributed by atoms with Gasteiger partial charge in [-0.15, -0.1) is 0 Å². The van der Waals surface area contributed by atoms with E-state index in [2.05, 4.69) is 26.5 Å². The molecule has 0 aliphatic carbocycles. The fraction of sp³-hybridized carbons (Fsp3) is 0. The van der Waals surface area contributed by atoms with Crippen LogP contribution in [0.25, 0.3) is 6.08 Å². The van der Waals surface area contributed by atoms with Crippen molar-refractivity contribution >= 4 is 45.5 Å². The van der Waals surface area contributed by atoms with Gasteiger partial charge in [-0.3, -0.25) is 5.43 Å². The summed E-state index contributed by atoms with van der Waals surface area (Å²) in [7, 11) is 0. The highest BCUT2D eigenvalue weighted by atomic mass is 79.9. The molecule has 0 amide bonds. The molecule has 0 atom stereocenters. The van der Waals surface area contributed by atoms with Crippen molar-refractivity contribution in [2.24, 2.45) is 5.10 Å². The quantitative estimate of drug-likeness (QED) is 0.604. The molecule has 0 unspecified atom stereocenters. The van der Waals surface area contributed by atoms with Gasteiger partial charge in [0.2, 0.25) is 0 Å². The van der Waals surface area contributed by atoms with Crippen molar-refractivity contribution in [1.82, 2.24) is 0 Å². The number of anilines is 1. The first kappa shape index (κ1) is 13.8. The Morgan fingerprint density at radius 2 is 1.74 bits per heavy atom. The Labute approximate surface area is 125 Å². The van der Waals surface area contributed by atoms with Crippen LogP contribution >= 0.6 is 27.5 Å². The number of hydrazone groups is 1. The van der Waals surface area contributed by atoms with Crippen molar-refractivity contribution in [3.63, 3.8) is 0 Å². The third-order valence-corrected chi connectivity index (χ3v) is 3.02. The van der Waals surface area contributed by atoms with Crippen molar-refractivity contribution in [2.45, 2.75) is 0 Å². The van der Waals surface area contributed by atoms with E-state index in [1.165, 1.54) is 0 Å². The summed E-state index contributed by atoms with van der Waals surface area (Å²) in [6.07, 6.45) is 3.70. The maximum Gasteiger partial charge on any atom is 0.0614 e. The maximum atomic E-state index is 5.80. The second-order valence-corrected chi connectivity index (χ2v) is 5.17. The standard InChI is InChI=1S/C15H12BrClN2/c16-13(10-12-4-2-1-3-5-12)11-18-19-15-8-6-14(17)7-9-15/h1-11,19H. The van der Waals surface area contributed by atoms with Gasteiger partial charge in [0.25, 0.3) is 0 Å². The first-order valence-corrected chi connectivity index (χ1v) is 6.88. The van der Waals surface area contributed by atoms with Crippen molar-refractivity contribution < 1.29 is 0 Å². The molecule has 96 valence electrons. The smallest absolute Gasteiger partial charge is 0.0614 e. The van der Waals surface area contributed by atoms with E-state index in [1.54, 1.807) is 6.21 Å². The van der Waals surface area contributed by atoms with Crippen molar-refractivity contribution in [2.75, 3.05) is 5.43 Å². The molecule has 0 aliphatic heterocycles. The fourth-order valence-electron chi connectivity index (χ4n) is 1.44. The number of nitrogens with zero attached hydrogens (tertiary/aromatic N) is 1. The van der Waals surface area contributed by atoms with Crippen LogP contribution in [0.3, 0.4) is 0 Å². The Hall–Kier alpha value is -1.58. The molecular weight excluding hydrogens is 324 g/mol.